The van der Waals surface area contributed by atoms with Crippen LogP contribution >= 0.6 is 0 Å². The van der Waals surface area contributed by atoms with Gasteiger partial charge < -0.3 is 30.7 Å². The quantitative estimate of drug-likeness (QED) is 0.207. The minimum atomic E-state index is -1.67. The fraction of sp³-hybridized carbons (Fsp3) is 0.375. The molecular weight excluding hydrogens is 358 g/mol. The molecule has 0 aromatic heterocycles. The minimum Gasteiger partial charge on any atom is -0.398 e. The SMILES string of the molecule is Cc1cc2nc3c(=O)[nH]c(=O)nc-3n(C[C@@H](O)[C@@H](O)[C@H](O)CO)c2cc1N. The number of rotatable bonds is 5. The van der Waals surface area contributed by atoms with Crippen molar-refractivity contribution in [2.24, 2.45) is 0 Å². The molecule has 144 valence electrons. The van der Waals surface area contributed by atoms with E-state index in [0.717, 1.165) is 0 Å². The van der Waals surface area contributed by atoms with Crippen LogP contribution < -0.4 is 17.0 Å². The molecule has 0 saturated carbocycles. The third kappa shape index (κ3) is 3.40. The van der Waals surface area contributed by atoms with Gasteiger partial charge in [0.15, 0.2) is 11.5 Å². The average molecular weight is 377 g/mol. The Morgan fingerprint density at radius 1 is 1.19 bits per heavy atom. The van der Waals surface area contributed by atoms with Gasteiger partial charge in [-0.3, -0.25) is 9.78 Å². The number of fused-ring (bicyclic) bond motifs is 2. The molecular formula is C16H19N5O6. The van der Waals surface area contributed by atoms with Gasteiger partial charge >= 0.3 is 5.69 Å². The molecule has 27 heavy (non-hydrogen) atoms. The molecule has 7 N–H and O–H groups in total. The molecule has 0 saturated heterocycles. The number of nitrogen functional groups attached to an aromatic ring is 1. The zero-order chi connectivity index (χ0) is 19.9. The first-order chi connectivity index (χ1) is 12.7. The van der Waals surface area contributed by atoms with E-state index in [-0.39, 0.29) is 18.1 Å². The predicted molar refractivity (Wildman–Crippen MR) is 95.3 cm³/mol. The summed E-state index contributed by atoms with van der Waals surface area (Å²) in [4.78, 5) is 33.8. The normalized spacial score (nSPS) is 15.1. The number of hydrogen-bond donors (Lipinski definition) is 6. The molecule has 1 aromatic rings. The zero-order valence-corrected chi connectivity index (χ0v) is 14.3. The second-order valence-corrected chi connectivity index (χ2v) is 6.27. The number of hydrogen-bond acceptors (Lipinski definition) is 9. The van der Waals surface area contributed by atoms with Gasteiger partial charge in [-0.05, 0) is 24.6 Å². The van der Waals surface area contributed by atoms with E-state index in [1.165, 1.54) is 4.57 Å². The van der Waals surface area contributed by atoms with Gasteiger partial charge in [-0.15, -0.1) is 0 Å². The van der Waals surface area contributed by atoms with Crippen molar-refractivity contribution < 1.29 is 20.4 Å². The van der Waals surface area contributed by atoms with Gasteiger partial charge in [0.1, 0.15) is 18.3 Å². The second kappa shape index (κ2) is 7.04. The summed E-state index contributed by atoms with van der Waals surface area (Å²) in [6.45, 7) is 0.659. The first kappa shape index (κ1) is 18.9. The summed E-state index contributed by atoms with van der Waals surface area (Å²) >= 11 is 0. The summed E-state index contributed by atoms with van der Waals surface area (Å²) in [5.74, 6) is -0.107. The predicted octanol–water partition coefficient (Wildman–Crippen LogP) is -2.45. The fourth-order valence-electron chi connectivity index (χ4n) is 2.81. The number of aryl methyl sites for hydroxylation is 1. The Morgan fingerprint density at radius 2 is 1.89 bits per heavy atom. The largest absolute Gasteiger partial charge is 0.398 e. The first-order valence-electron chi connectivity index (χ1n) is 8.08. The number of H-pyrrole nitrogens is 1. The van der Waals surface area contributed by atoms with Crippen LogP contribution in [0.1, 0.15) is 5.56 Å². The lowest BCUT2D eigenvalue weighted by atomic mass is 10.1. The van der Waals surface area contributed by atoms with Gasteiger partial charge in [0, 0.05) is 5.69 Å². The third-order valence-corrected chi connectivity index (χ3v) is 4.34. The number of nitrogens with two attached hydrogens (primary N) is 1. The molecule has 0 bridgehead atoms. The molecule has 0 aliphatic carbocycles. The van der Waals surface area contributed by atoms with Crippen LogP contribution in [0.3, 0.4) is 0 Å². The van der Waals surface area contributed by atoms with Crippen molar-refractivity contribution in [1.82, 2.24) is 19.5 Å². The van der Waals surface area contributed by atoms with E-state index in [2.05, 4.69) is 9.97 Å². The summed E-state index contributed by atoms with van der Waals surface area (Å²) in [5.41, 5.74) is 6.02. The van der Waals surface area contributed by atoms with Crippen LogP contribution in [0.25, 0.3) is 22.6 Å². The maximum absolute atomic E-state index is 12.1. The van der Waals surface area contributed by atoms with Crippen LogP contribution in [-0.4, -0.2) is 64.9 Å². The first-order valence-corrected chi connectivity index (χ1v) is 8.08. The van der Waals surface area contributed by atoms with Gasteiger partial charge in [-0.2, -0.15) is 4.98 Å². The Balaban J connectivity index is 2.28. The number of benzene rings is 1. The Morgan fingerprint density at radius 3 is 2.56 bits per heavy atom. The molecule has 2 aliphatic heterocycles. The molecule has 0 amide bonds. The van der Waals surface area contributed by atoms with Crippen LogP contribution in [0.4, 0.5) is 5.69 Å². The van der Waals surface area contributed by atoms with E-state index in [0.29, 0.717) is 22.3 Å². The van der Waals surface area contributed by atoms with Crippen molar-refractivity contribution in [2.75, 3.05) is 12.3 Å². The maximum atomic E-state index is 12.1. The molecule has 2 heterocycles. The highest BCUT2D eigenvalue weighted by atomic mass is 16.4. The van der Waals surface area contributed by atoms with Crippen LogP contribution in [0.5, 0.6) is 0 Å². The topological polar surface area (TPSA) is 188 Å². The lowest BCUT2D eigenvalue weighted by molar-refractivity contribution is -0.0802. The van der Waals surface area contributed by atoms with Crippen LogP contribution in [0.15, 0.2) is 21.7 Å². The van der Waals surface area contributed by atoms with E-state index in [4.69, 9.17) is 10.8 Å². The van der Waals surface area contributed by atoms with Crippen molar-refractivity contribution in [3.8, 4) is 11.5 Å². The van der Waals surface area contributed by atoms with Gasteiger partial charge in [0.25, 0.3) is 5.56 Å². The van der Waals surface area contributed by atoms with Crippen LogP contribution in [-0.2, 0) is 6.54 Å². The molecule has 0 radical (unpaired) electrons. The summed E-state index contributed by atoms with van der Waals surface area (Å²) in [6, 6.07) is 3.18. The molecule has 3 rings (SSSR count). The molecule has 11 nitrogen and oxygen atoms in total. The average Bonchev–Trinajstić information content (AvgIpc) is 2.62. The molecule has 11 heteroatoms. The van der Waals surface area contributed by atoms with Crippen molar-refractivity contribution in [3.63, 3.8) is 0 Å². The number of aromatic amines is 1. The Kier molecular flexibility index (Phi) is 4.93. The molecule has 0 fully saturated rings. The van der Waals surface area contributed by atoms with Crippen LogP contribution in [0.2, 0.25) is 0 Å². The Hall–Kier alpha value is -2.86. The Bertz CT molecular complexity index is 1080. The van der Waals surface area contributed by atoms with E-state index < -0.39 is 36.2 Å². The Labute approximate surface area is 151 Å². The highest BCUT2D eigenvalue weighted by Gasteiger charge is 2.27. The monoisotopic (exact) mass is 377 g/mol. The second-order valence-electron chi connectivity index (χ2n) is 6.27. The third-order valence-electron chi connectivity index (χ3n) is 4.34. The number of anilines is 1. The van der Waals surface area contributed by atoms with Gasteiger partial charge in [-0.25, -0.2) is 9.78 Å². The van der Waals surface area contributed by atoms with Crippen molar-refractivity contribution in [2.45, 2.75) is 31.8 Å². The number of nitrogens with one attached hydrogen (secondary N) is 1. The van der Waals surface area contributed by atoms with E-state index in [9.17, 15) is 24.9 Å². The van der Waals surface area contributed by atoms with Crippen LogP contribution in [0, 0.1) is 6.92 Å². The lowest BCUT2D eigenvalue weighted by Gasteiger charge is -2.25. The molecule has 1 aromatic carbocycles. The van der Waals surface area contributed by atoms with Crippen molar-refractivity contribution in [1.29, 1.82) is 0 Å². The highest BCUT2D eigenvalue weighted by molar-refractivity contribution is 5.83. The molecule has 2 aliphatic rings. The summed E-state index contributed by atoms with van der Waals surface area (Å²) < 4.78 is 1.32. The highest BCUT2D eigenvalue weighted by Crippen LogP contribution is 2.25. The van der Waals surface area contributed by atoms with E-state index >= 15 is 0 Å². The smallest absolute Gasteiger partial charge is 0.349 e. The zero-order valence-electron chi connectivity index (χ0n) is 14.3. The minimum absolute atomic E-state index is 0.107. The summed E-state index contributed by atoms with van der Waals surface area (Å²) in [5, 5.41) is 38.7. The van der Waals surface area contributed by atoms with E-state index in [1.54, 1.807) is 19.1 Å². The standard InChI is InChI=1S/C16H19N5O6/c1-6-2-8-9(3-7(6)17)21(4-10(23)13(25)11(24)5-22)14-12(18-8)15(26)20-16(27)19-14/h2-3,10-11,13,22-25H,4-5,17H2,1H3,(H,20,26,27)/t10-,11-,13-/m1/s1. The number of aromatic nitrogens is 4. The fourth-order valence-corrected chi connectivity index (χ4v) is 2.81. The number of aliphatic hydroxyl groups excluding tert-OH is 4. The number of nitrogens with zero attached hydrogens (tertiary/aromatic N) is 3. The summed E-state index contributed by atoms with van der Waals surface area (Å²) in [7, 11) is 0. The van der Waals surface area contributed by atoms with Gasteiger partial charge in [-0.1, -0.05) is 0 Å². The lowest BCUT2D eigenvalue weighted by Crippen LogP contribution is -2.42. The maximum Gasteiger partial charge on any atom is 0.349 e. The van der Waals surface area contributed by atoms with Crippen molar-refractivity contribution in [3.05, 3.63) is 38.5 Å². The molecule has 0 spiro atoms. The van der Waals surface area contributed by atoms with Gasteiger partial charge in [0.05, 0.1) is 24.2 Å². The van der Waals surface area contributed by atoms with Gasteiger partial charge in [0.2, 0.25) is 0 Å². The molecule has 3 atom stereocenters. The van der Waals surface area contributed by atoms with E-state index in [1.807, 2.05) is 4.98 Å². The number of aliphatic hydroxyl groups is 4. The summed E-state index contributed by atoms with van der Waals surface area (Å²) in [6.07, 6.45) is -4.78. The van der Waals surface area contributed by atoms with Crippen molar-refractivity contribution >= 4 is 16.7 Å². The molecule has 0 unspecified atom stereocenters.